The summed E-state index contributed by atoms with van der Waals surface area (Å²) in [6, 6.07) is 0. The molecule has 0 heterocycles. The minimum absolute atomic E-state index is 0.490. The number of rotatable bonds is 1. The van der Waals surface area contributed by atoms with Gasteiger partial charge in [0, 0.05) is 0 Å². The largest absolute Gasteiger partial charge is 0.0797 e. The molecule has 10 heavy (non-hydrogen) atoms. The van der Waals surface area contributed by atoms with Gasteiger partial charge in [-0.2, -0.15) is 0 Å². The maximum atomic E-state index is 2.47. The molecule has 0 heteroatoms. The maximum Gasteiger partial charge on any atom is -0.0172 e. The van der Waals surface area contributed by atoms with Gasteiger partial charge < -0.3 is 0 Å². The molecule has 58 valence electrons. The molecule has 1 aliphatic carbocycles. The van der Waals surface area contributed by atoms with Gasteiger partial charge in [-0.05, 0) is 31.1 Å². The Morgan fingerprint density at radius 1 is 1.50 bits per heavy atom. The van der Waals surface area contributed by atoms with E-state index in [1.165, 1.54) is 25.7 Å². The van der Waals surface area contributed by atoms with Crippen molar-refractivity contribution >= 4 is 0 Å². The Hall–Kier alpha value is -0.260. The van der Waals surface area contributed by atoms with E-state index in [1.54, 1.807) is 5.57 Å². The molecular weight excluding hydrogens is 120 g/mol. The van der Waals surface area contributed by atoms with Crippen LogP contribution in [0.1, 0.15) is 46.5 Å². The van der Waals surface area contributed by atoms with Crippen LogP contribution in [0.15, 0.2) is 11.6 Å². The second-order valence-electron chi connectivity index (χ2n) is 4.00. The van der Waals surface area contributed by atoms with Crippen molar-refractivity contribution in [3.63, 3.8) is 0 Å². The number of hydrogen-bond acceptors (Lipinski definition) is 0. The normalized spacial score (nSPS) is 24.1. The first-order valence-electron chi connectivity index (χ1n) is 4.35. The fraction of sp³-hybridized carbons (Fsp3) is 0.800. The van der Waals surface area contributed by atoms with E-state index < -0.39 is 0 Å². The van der Waals surface area contributed by atoms with Crippen LogP contribution in [0.3, 0.4) is 0 Å². The third-order valence-electron chi connectivity index (χ3n) is 2.37. The van der Waals surface area contributed by atoms with Gasteiger partial charge in [0.2, 0.25) is 0 Å². The van der Waals surface area contributed by atoms with E-state index in [1.807, 2.05) is 0 Å². The molecule has 0 unspecified atom stereocenters. The fourth-order valence-corrected chi connectivity index (χ4v) is 1.75. The van der Waals surface area contributed by atoms with Gasteiger partial charge in [0.1, 0.15) is 0 Å². The highest BCUT2D eigenvalue weighted by Gasteiger charge is 2.18. The standard InChI is InChI=1S/C10H18/c1-4-9-6-5-7-10(2,3)8-9/h8H,4-7H2,1-3H3. The summed E-state index contributed by atoms with van der Waals surface area (Å²) in [5.74, 6) is 0. The Labute approximate surface area is 64.3 Å². The van der Waals surface area contributed by atoms with Crippen molar-refractivity contribution in [2.24, 2.45) is 5.41 Å². The van der Waals surface area contributed by atoms with Crippen molar-refractivity contribution in [3.8, 4) is 0 Å². The topological polar surface area (TPSA) is 0 Å². The predicted molar refractivity (Wildman–Crippen MR) is 46.0 cm³/mol. The summed E-state index contributed by atoms with van der Waals surface area (Å²) < 4.78 is 0. The zero-order chi connectivity index (χ0) is 7.61. The molecule has 1 rings (SSSR count). The van der Waals surface area contributed by atoms with Crippen molar-refractivity contribution < 1.29 is 0 Å². The van der Waals surface area contributed by atoms with E-state index in [-0.39, 0.29) is 0 Å². The van der Waals surface area contributed by atoms with Crippen LogP contribution in [0.5, 0.6) is 0 Å². The van der Waals surface area contributed by atoms with Gasteiger partial charge in [-0.15, -0.1) is 0 Å². The SMILES string of the molecule is CCC1=CC(C)(C)CCC1. The quantitative estimate of drug-likeness (QED) is 0.486. The van der Waals surface area contributed by atoms with Gasteiger partial charge >= 0.3 is 0 Å². The van der Waals surface area contributed by atoms with Gasteiger partial charge in [-0.3, -0.25) is 0 Å². The van der Waals surface area contributed by atoms with Crippen LogP contribution in [-0.4, -0.2) is 0 Å². The lowest BCUT2D eigenvalue weighted by Gasteiger charge is -2.26. The van der Waals surface area contributed by atoms with Gasteiger partial charge in [0.05, 0.1) is 0 Å². The molecule has 0 spiro atoms. The molecule has 0 N–H and O–H groups in total. The van der Waals surface area contributed by atoms with Crippen molar-refractivity contribution in [1.29, 1.82) is 0 Å². The van der Waals surface area contributed by atoms with Crippen LogP contribution >= 0.6 is 0 Å². The van der Waals surface area contributed by atoms with Crippen molar-refractivity contribution in [3.05, 3.63) is 11.6 Å². The predicted octanol–water partition coefficient (Wildman–Crippen LogP) is 3.53. The van der Waals surface area contributed by atoms with Crippen molar-refractivity contribution in [2.45, 2.75) is 46.5 Å². The summed E-state index contributed by atoms with van der Waals surface area (Å²) in [6.07, 6.45) is 7.84. The fourth-order valence-electron chi connectivity index (χ4n) is 1.75. The van der Waals surface area contributed by atoms with Crippen LogP contribution in [-0.2, 0) is 0 Å². The van der Waals surface area contributed by atoms with Gasteiger partial charge in [0.15, 0.2) is 0 Å². The summed E-state index contributed by atoms with van der Waals surface area (Å²) in [5, 5.41) is 0. The van der Waals surface area contributed by atoms with Crippen molar-refractivity contribution in [1.82, 2.24) is 0 Å². The smallest absolute Gasteiger partial charge is 0.0172 e. The molecule has 0 aromatic rings. The molecule has 0 radical (unpaired) electrons. The van der Waals surface area contributed by atoms with Crippen LogP contribution in [0.2, 0.25) is 0 Å². The molecule has 0 saturated heterocycles. The summed E-state index contributed by atoms with van der Waals surface area (Å²) in [4.78, 5) is 0. The second kappa shape index (κ2) is 2.77. The lowest BCUT2D eigenvalue weighted by atomic mass is 9.79. The molecule has 0 aromatic carbocycles. The molecule has 0 nitrogen and oxygen atoms in total. The molecule has 0 amide bonds. The highest BCUT2D eigenvalue weighted by atomic mass is 14.2. The first-order chi connectivity index (χ1) is 4.64. The third kappa shape index (κ3) is 1.86. The van der Waals surface area contributed by atoms with E-state index in [0.717, 1.165) is 0 Å². The lowest BCUT2D eigenvalue weighted by molar-refractivity contribution is 0.394. The summed E-state index contributed by atoms with van der Waals surface area (Å²) >= 11 is 0. The number of hydrogen-bond donors (Lipinski definition) is 0. The highest BCUT2D eigenvalue weighted by Crippen LogP contribution is 2.33. The van der Waals surface area contributed by atoms with Crippen LogP contribution in [0.25, 0.3) is 0 Å². The zero-order valence-electron chi connectivity index (χ0n) is 7.41. The molecule has 0 saturated carbocycles. The first-order valence-corrected chi connectivity index (χ1v) is 4.35. The van der Waals surface area contributed by atoms with E-state index in [4.69, 9.17) is 0 Å². The molecular formula is C10H18. The van der Waals surface area contributed by atoms with Crippen molar-refractivity contribution in [2.75, 3.05) is 0 Å². The molecule has 0 bridgehead atoms. The van der Waals surface area contributed by atoms with Gasteiger partial charge in [0.25, 0.3) is 0 Å². The first kappa shape index (κ1) is 7.84. The molecule has 1 aliphatic rings. The van der Waals surface area contributed by atoms with E-state index >= 15 is 0 Å². The monoisotopic (exact) mass is 138 g/mol. The molecule has 0 fully saturated rings. The van der Waals surface area contributed by atoms with E-state index in [9.17, 15) is 0 Å². The summed E-state index contributed by atoms with van der Waals surface area (Å²) in [7, 11) is 0. The minimum atomic E-state index is 0.490. The maximum absolute atomic E-state index is 2.47. The minimum Gasteiger partial charge on any atom is -0.0797 e. The van der Waals surface area contributed by atoms with Gasteiger partial charge in [-0.1, -0.05) is 32.4 Å². The van der Waals surface area contributed by atoms with E-state index in [0.29, 0.717) is 5.41 Å². The molecule has 0 aliphatic heterocycles. The lowest BCUT2D eigenvalue weighted by Crippen LogP contribution is -2.12. The molecule has 0 aromatic heterocycles. The molecule has 0 atom stereocenters. The Morgan fingerprint density at radius 2 is 2.20 bits per heavy atom. The Morgan fingerprint density at radius 3 is 2.60 bits per heavy atom. The van der Waals surface area contributed by atoms with E-state index in [2.05, 4.69) is 26.8 Å². The Balaban J connectivity index is 2.66. The van der Waals surface area contributed by atoms with Crippen LogP contribution in [0, 0.1) is 5.41 Å². The highest BCUT2D eigenvalue weighted by molar-refractivity contribution is 5.10. The van der Waals surface area contributed by atoms with Gasteiger partial charge in [-0.25, -0.2) is 0 Å². The second-order valence-corrected chi connectivity index (χ2v) is 4.00. The summed E-state index contributed by atoms with van der Waals surface area (Å²) in [5.41, 5.74) is 2.15. The van der Waals surface area contributed by atoms with Crippen LogP contribution < -0.4 is 0 Å². The summed E-state index contributed by atoms with van der Waals surface area (Å²) in [6.45, 7) is 6.93. The Bertz CT molecular complexity index is 140. The van der Waals surface area contributed by atoms with Crippen LogP contribution in [0.4, 0.5) is 0 Å². The number of allylic oxidation sites excluding steroid dienone is 2. The zero-order valence-corrected chi connectivity index (χ0v) is 7.41. The average molecular weight is 138 g/mol. The Kier molecular flexibility index (Phi) is 2.18. The third-order valence-corrected chi connectivity index (χ3v) is 2.37. The average Bonchev–Trinajstić information content (AvgIpc) is 1.86.